The number of anilines is 1. The second-order valence-corrected chi connectivity index (χ2v) is 6.98. The van der Waals surface area contributed by atoms with Crippen molar-refractivity contribution >= 4 is 33.6 Å². The molecule has 0 saturated carbocycles. The first-order chi connectivity index (χ1) is 12.5. The highest BCUT2D eigenvalue weighted by atomic mass is 79.9. The fourth-order valence-electron chi connectivity index (χ4n) is 2.70. The lowest BCUT2D eigenvalue weighted by Crippen LogP contribution is -2.10. The van der Waals surface area contributed by atoms with Gasteiger partial charge >= 0.3 is 0 Å². The van der Waals surface area contributed by atoms with Crippen LogP contribution in [0.1, 0.15) is 22.5 Å². The van der Waals surface area contributed by atoms with Crippen molar-refractivity contribution in [3.8, 4) is 0 Å². The fourth-order valence-corrected chi connectivity index (χ4v) is 2.96. The lowest BCUT2D eigenvalue weighted by molar-refractivity contribution is -0.111. The number of nitrogens with zero attached hydrogens (tertiary/aromatic N) is 2. The summed E-state index contributed by atoms with van der Waals surface area (Å²) in [6.45, 7) is 4.53. The Bertz CT molecular complexity index is 928. The molecule has 0 radical (unpaired) electrons. The minimum Gasteiger partial charge on any atom is -0.319 e. The number of benzene rings is 2. The summed E-state index contributed by atoms with van der Waals surface area (Å²) in [5.74, 6) is -0.164. The summed E-state index contributed by atoms with van der Waals surface area (Å²) in [6.07, 6.45) is 3.34. The van der Waals surface area contributed by atoms with E-state index in [0.29, 0.717) is 6.54 Å². The molecule has 0 atom stereocenters. The van der Waals surface area contributed by atoms with Crippen LogP contribution < -0.4 is 5.32 Å². The standard InChI is InChI=1S/C21H20BrN3O/c1-15-21(23-20(26)13-10-17-6-4-3-5-7-17)16(2)25(24-15)14-18-8-11-19(22)12-9-18/h3-13H,14H2,1-2H3,(H,23,26). The Kier molecular flexibility index (Phi) is 5.68. The Morgan fingerprint density at radius 2 is 1.81 bits per heavy atom. The lowest BCUT2D eigenvalue weighted by Gasteiger charge is -2.06. The van der Waals surface area contributed by atoms with Gasteiger partial charge in [0.15, 0.2) is 0 Å². The van der Waals surface area contributed by atoms with Crippen LogP contribution in [0.15, 0.2) is 65.1 Å². The van der Waals surface area contributed by atoms with E-state index in [4.69, 9.17) is 0 Å². The molecule has 0 fully saturated rings. The van der Waals surface area contributed by atoms with Crippen LogP contribution >= 0.6 is 15.9 Å². The van der Waals surface area contributed by atoms with Gasteiger partial charge < -0.3 is 5.32 Å². The number of rotatable bonds is 5. The number of nitrogens with one attached hydrogen (secondary N) is 1. The van der Waals surface area contributed by atoms with Crippen LogP contribution in [0.3, 0.4) is 0 Å². The Balaban J connectivity index is 1.72. The highest BCUT2D eigenvalue weighted by molar-refractivity contribution is 9.10. The molecule has 1 aromatic heterocycles. The molecule has 0 aliphatic carbocycles. The van der Waals surface area contributed by atoms with E-state index in [1.54, 1.807) is 12.2 Å². The van der Waals surface area contributed by atoms with E-state index in [0.717, 1.165) is 32.7 Å². The van der Waals surface area contributed by atoms with E-state index in [2.05, 4.69) is 38.5 Å². The maximum Gasteiger partial charge on any atom is 0.248 e. The van der Waals surface area contributed by atoms with Crippen LogP contribution in [-0.4, -0.2) is 15.7 Å². The minimum atomic E-state index is -0.164. The zero-order chi connectivity index (χ0) is 18.5. The number of aryl methyl sites for hydroxylation is 1. The summed E-state index contributed by atoms with van der Waals surface area (Å²) in [7, 11) is 0. The van der Waals surface area contributed by atoms with Gasteiger partial charge in [-0.2, -0.15) is 5.10 Å². The normalized spacial score (nSPS) is 11.0. The average Bonchev–Trinajstić information content (AvgIpc) is 2.90. The van der Waals surface area contributed by atoms with Gasteiger partial charge in [-0.25, -0.2) is 0 Å². The number of aromatic nitrogens is 2. The van der Waals surface area contributed by atoms with Gasteiger partial charge in [0, 0.05) is 10.5 Å². The van der Waals surface area contributed by atoms with E-state index in [-0.39, 0.29) is 5.91 Å². The van der Waals surface area contributed by atoms with Crippen molar-refractivity contribution in [3.63, 3.8) is 0 Å². The third kappa shape index (κ3) is 4.49. The zero-order valence-electron chi connectivity index (χ0n) is 14.7. The molecule has 132 valence electrons. The van der Waals surface area contributed by atoms with E-state index in [9.17, 15) is 4.79 Å². The van der Waals surface area contributed by atoms with Gasteiger partial charge in [-0.1, -0.05) is 58.4 Å². The molecule has 3 rings (SSSR count). The van der Waals surface area contributed by atoms with Crippen molar-refractivity contribution in [2.45, 2.75) is 20.4 Å². The van der Waals surface area contributed by atoms with Crippen molar-refractivity contribution in [2.75, 3.05) is 5.32 Å². The summed E-state index contributed by atoms with van der Waals surface area (Å²) in [6, 6.07) is 17.9. The van der Waals surface area contributed by atoms with E-state index >= 15 is 0 Å². The van der Waals surface area contributed by atoms with Gasteiger partial charge in [-0.05, 0) is 43.2 Å². The molecule has 0 saturated heterocycles. The zero-order valence-corrected chi connectivity index (χ0v) is 16.3. The van der Waals surface area contributed by atoms with Crippen LogP contribution in [0, 0.1) is 13.8 Å². The van der Waals surface area contributed by atoms with Crippen molar-refractivity contribution < 1.29 is 4.79 Å². The summed E-state index contributed by atoms with van der Waals surface area (Å²) >= 11 is 3.44. The van der Waals surface area contributed by atoms with Gasteiger partial charge in [0.05, 0.1) is 23.6 Å². The first-order valence-corrected chi connectivity index (χ1v) is 9.15. The van der Waals surface area contributed by atoms with Gasteiger partial charge in [-0.3, -0.25) is 9.48 Å². The predicted octanol–water partition coefficient (Wildman–Crippen LogP) is 4.96. The quantitative estimate of drug-likeness (QED) is 0.605. The molecule has 3 aromatic rings. The summed E-state index contributed by atoms with van der Waals surface area (Å²) in [4.78, 5) is 12.3. The smallest absolute Gasteiger partial charge is 0.248 e. The summed E-state index contributed by atoms with van der Waals surface area (Å²) in [5, 5.41) is 7.51. The molecule has 2 aromatic carbocycles. The Morgan fingerprint density at radius 3 is 2.50 bits per heavy atom. The van der Waals surface area contributed by atoms with Gasteiger partial charge in [0.2, 0.25) is 5.91 Å². The van der Waals surface area contributed by atoms with Gasteiger partial charge in [0.1, 0.15) is 0 Å². The lowest BCUT2D eigenvalue weighted by atomic mass is 10.2. The summed E-state index contributed by atoms with van der Waals surface area (Å²) < 4.78 is 2.96. The number of amides is 1. The molecular formula is C21H20BrN3O. The van der Waals surface area contributed by atoms with Crippen molar-refractivity contribution in [1.82, 2.24) is 9.78 Å². The fraction of sp³-hybridized carbons (Fsp3) is 0.143. The van der Waals surface area contributed by atoms with E-state index in [1.165, 1.54) is 0 Å². The first kappa shape index (κ1) is 18.1. The molecule has 5 heteroatoms. The van der Waals surface area contributed by atoms with Gasteiger partial charge in [-0.15, -0.1) is 0 Å². The second-order valence-electron chi connectivity index (χ2n) is 6.06. The van der Waals surface area contributed by atoms with Gasteiger partial charge in [0.25, 0.3) is 0 Å². The molecule has 26 heavy (non-hydrogen) atoms. The Labute approximate surface area is 161 Å². The minimum absolute atomic E-state index is 0.164. The molecule has 1 N–H and O–H groups in total. The molecule has 0 aliphatic heterocycles. The monoisotopic (exact) mass is 409 g/mol. The third-order valence-electron chi connectivity index (χ3n) is 4.10. The van der Waals surface area contributed by atoms with Crippen molar-refractivity contribution in [2.24, 2.45) is 0 Å². The Hall–Kier alpha value is -2.66. The Morgan fingerprint density at radius 1 is 1.12 bits per heavy atom. The number of halogens is 1. The predicted molar refractivity (Wildman–Crippen MR) is 109 cm³/mol. The number of hydrogen-bond acceptors (Lipinski definition) is 2. The molecule has 0 spiro atoms. The molecule has 0 bridgehead atoms. The van der Waals surface area contributed by atoms with Crippen LogP contribution in [0.2, 0.25) is 0 Å². The van der Waals surface area contributed by atoms with Crippen LogP contribution in [0.5, 0.6) is 0 Å². The molecular weight excluding hydrogens is 390 g/mol. The first-order valence-electron chi connectivity index (χ1n) is 8.35. The second kappa shape index (κ2) is 8.15. The van der Waals surface area contributed by atoms with Crippen LogP contribution in [0.4, 0.5) is 5.69 Å². The number of carbonyl (C=O) groups excluding carboxylic acids is 1. The third-order valence-corrected chi connectivity index (χ3v) is 4.63. The van der Waals surface area contributed by atoms with Crippen molar-refractivity contribution in [3.05, 3.63) is 87.7 Å². The number of carbonyl (C=O) groups is 1. The van der Waals surface area contributed by atoms with E-state index in [1.807, 2.05) is 61.0 Å². The van der Waals surface area contributed by atoms with E-state index < -0.39 is 0 Å². The molecule has 0 unspecified atom stereocenters. The molecule has 1 amide bonds. The highest BCUT2D eigenvalue weighted by Gasteiger charge is 2.13. The van der Waals surface area contributed by atoms with Crippen LogP contribution in [0.25, 0.3) is 6.08 Å². The maximum atomic E-state index is 12.3. The summed E-state index contributed by atoms with van der Waals surface area (Å²) in [5.41, 5.74) is 4.65. The highest BCUT2D eigenvalue weighted by Crippen LogP contribution is 2.21. The molecule has 0 aliphatic rings. The topological polar surface area (TPSA) is 46.9 Å². The largest absolute Gasteiger partial charge is 0.319 e. The number of hydrogen-bond donors (Lipinski definition) is 1. The average molecular weight is 410 g/mol. The van der Waals surface area contributed by atoms with Crippen molar-refractivity contribution in [1.29, 1.82) is 0 Å². The molecule has 4 nitrogen and oxygen atoms in total. The molecule has 1 heterocycles. The maximum absolute atomic E-state index is 12.3. The SMILES string of the molecule is Cc1nn(Cc2ccc(Br)cc2)c(C)c1NC(=O)C=Cc1ccccc1. The van der Waals surface area contributed by atoms with Crippen LogP contribution in [-0.2, 0) is 11.3 Å².